The summed E-state index contributed by atoms with van der Waals surface area (Å²) in [5.41, 5.74) is -0.784. The molecule has 14 nitrogen and oxygen atoms in total. The fraction of sp³-hybridized carbons (Fsp3) is 0.612. The second-order valence-corrected chi connectivity index (χ2v) is 19.7. The van der Waals surface area contributed by atoms with Crippen LogP contribution in [0.15, 0.2) is 64.3 Å². The molecule has 3 unspecified atom stereocenters. The van der Waals surface area contributed by atoms with Crippen LogP contribution in [0.3, 0.4) is 0 Å². The summed E-state index contributed by atoms with van der Waals surface area (Å²) in [5, 5.41) is 42.2. The number of methoxy groups -OCH3 is 1. The summed E-state index contributed by atoms with van der Waals surface area (Å²) in [4.78, 5) is 59.0. The lowest BCUT2D eigenvalue weighted by molar-refractivity contribution is -0.221. The molecular formula is C49H73NO13S. The van der Waals surface area contributed by atoms with E-state index in [1.165, 1.54) is 13.2 Å². The maximum absolute atomic E-state index is 14.2. The number of rotatable bonds is 12. The Balaban J connectivity index is 0.000000519. The zero-order valence-corrected chi connectivity index (χ0v) is 40.6. The molecule has 64 heavy (non-hydrogen) atoms. The van der Waals surface area contributed by atoms with Gasteiger partial charge in [0.1, 0.15) is 5.76 Å². The van der Waals surface area contributed by atoms with Crippen LogP contribution in [0.4, 0.5) is 4.79 Å². The van der Waals surface area contributed by atoms with Crippen LogP contribution >= 0.6 is 11.8 Å². The van der Waals surface area contributed by atoms with E-state index in [4.69, 9.17) is 24.1 Å². The van der Waals surface area contributed by atoms with Crippen molar-refractivity contribution in [2.75, 3.05) is 20.3 Å². The minimum Gasteiger partial charge on any atom is -0.481 e. The Hall–Kier alpha value is -4.46. The number of hydrogen-bond donors (Lipinski definition) is 5. The number of thioether (sulfide) groups is 1. The number of aliphatic hydroxyl groups excluding tert-OH is 1. The van der Waals surface area contributed by atoms with E-state index in [-0.39, 0.29) is 40.1 Å². The van der Waals surface area contributed by atoms with Crippen LogP contribution in [0, 0.1) is 35.5 Å². The molecule has 2 fully saturated rings. The maximum Gasteiger partial charge on any atom is 0.335 e. The number of carboxylic acid groups (broad SMARTS) is 2. The minimum absolute atomic E-state index is 0.0141. The lowest BCUT2D eigenvalue weighted by Crippen LogP contribution is -2.64. The Morgan fingerprint density at radius 2 is 1.61 bits per heavy atom. The average Bonchev–Trinajstić information content (AvgIpc) is 3.76. The Labute approximate surface area is 384 Å². The van der Waals surface area contributed by atoms with Gasteiger partial charge >= 0.3 is 17.9 Å². The fourth-order valence-electron chi connectivity index (χ4n) is 8.29. The number of aliphatic hydroxyl groups is 2. The lowest BCUT2D eigenvalue weighted by Gasteiger charge is -2.56. The second-order valence-electron chi connectivity index (χ2n) is 17.9. The molecule has 1 aromatic carbocycles. The number of hydrogen-bond acceptors (Lipinski definition) is 12. The van der Waals surface area contributed by atoms with E-state index < -0.39 is 52.6 Å². The quantitative estimate of drug-likeness (QED) is 0.0763. The number of aromatic carboxylic acids is 1. The molecule has 1 aliphatic heterocycles. The third-order valence-electron chi connectivity index (χ3n) is 12.2. The van der Waals surface area contributed by atoms with Gasteiger partial charge in [-0.1, -0.05) is 90.4 Å². The molecular weight excluding hydrogens is 843 g/mol. The summed E-state index contributed by atoms with van der Waals surface area (Å²) in [5.74, 6) is -2.13. The van der Waals surface area contributed by atoms with E-state index in [1.54, 1.807) is 56.5 Å². The number of carbonyl (C=O) groups excluding carboxylic acids is 3. The topological polar surface area (TPSA) is 219 Å². The normalized spacial score (nSPS) is 25.1. The Kier molecular flexibility index (Phi) is 23.3. The average molecular weight is 916 g/mol. The Morgan fingerprint density at radius 1 is 1.02 bits per heavy atom. The van der Waals surface area contributed by atoms with Crippen molar-refractivity contribution in [2.45, 2.75) is 149 Å². The third-order valence-corrected chi connectivity index (χ3v) is 13.1. The maximum atomic E-state index is 14.2. The summed E-state index contributed by atoms with van der Waals surface area (Å²) in [6.07, 6.45) is 10.3. The van der Waals surface area contributed by atoms with Crippen LogP contribution in [0.2, 0.25) is 0 Å². The molecule has 0 spiro atoms. The number of fused-ring (bicyclic) bond motifs is 1. The van der Waals surface area contributed by atoms with Gasteiger partial charge in [0.15, 0.2) is 11.9 Å². The molecule has 0 bridgehead atoms. The highest BCUT2D eigenvalue weighted by molar-refractivity contribution is 8.14. The molecule has 358 valence electrons. The number of terminal acetylenes is 1. The number of Topliss-reactive ketones (excluding diaryl/α,β-unsaturated/α-hetero) is 1. The van der Waals surface area contributed by atoms with Crippen LogP contribution in [0.5, 0.6) is 0 Å². The smallest absolute Gasteiger partial charge is 0.335 e. The highest BCUT2D eigenvalue weighted by Gasteiger charge is 2.61. The number of ether oxygens (including phenoxy) is 3. The van der Waals surface area contributed by atoms with Gasteiger partial charge in [-0.3, -0.25) is 19.2 Å². The fourth-order valence-corrected chi connectivity index (χ4v) is 9.05. The van der Waals surface area contributed by atoms with Crippen molar-refractivity contribution in [3.05, 3.63) is 71.2 Å². The van der Waals surface area contributed by atoms with Gasteiger partial charge in [-0.05, 0) is 75.8 Å². The van der Waals surface area contributed by atoms with E-state index in [9.17, 15) is 34.2 Å². The first-order chi connectivity index (χ1) is 29.8. The summed E-state index contributed by atoms with van der Waals surface area (Å²) in [6.45, 7) is 22.1. The molecule has 0 radical (unpaired) electrons. The number of benzene rings is 1. The van der Waals surface area contributed by atoms with Crippen molar-refractivity contribution >= 4 is 40.7 Å². The molecule has 2 aliphatic carbocycles. The van der Waals surface area contributed by atoms with Crippen molar-refractivity contribution in [1.82, 2.24) is 5.32 Å². The van der Waals surface area contributed by atoms with Gasteiger partial charge < -0.3 is 44.4 Å². The molecule has 2 heterocycles. The van der Waals surface area contributed by atoms with Gasteiger partial charge in [0.25, 0.3) is 5.24 Å². The zero-order valence-electron chi connectivity index (χ0n) is 39.8. The highest BCUT2D eigenvalue weighted by Crippen LogP contribution is 2.55. The number of allylic oxidation sites excluding steroid dienone is 1. The molecule has 2 aromatic rings. The number of amides is 1. The van der Waals surface area contributed by atoms with Crippen molar-refractivity contribution in [3.63, 3.8) is 0 Å². The van der Waals surface area contributed by atoms with E-state index in [2.05, 4.69) is 22.9 Å². The largest absolute Gasteiger partial charge is 0.481 e. The van der Waals surface area contributed by atoms with Gasteiger partial charge in [-0.15, -0.1) is 12.8 Å². The van der Waals surface area contributed by atoms with Crippen LogP contribution in [0.25, 0.3) is 0 Å². The summed E-state index contributed by atoms with van der Waals surface area (Å²) < 4.78 is 20.8. The third kappa shape index (κ3) is 15.6. The van der Waals surface area contributed by atoms with E-state index in [0.717, 1.165) is 30.4 Å². The minimum atomic E-state index is -1.11. The number of esters is 1. The van der Waals surface area contributed by atoms with Gasteiger partial charge in [0, 0.05) is 43.1 Å². The van der Waals surface area contributed by atoms with Crippen LogP contribution in [0.1, 0.15) is 137 Å². The van der Waals surface area contributed by atoms with Crippen molar-refractivity contribution in [2.24, 2.45) is 22.7 Å². The van der Waals surface area contributed by atoms with Gasteiger partial charge in [0.05, 0.1) is 54.1 Å². The molecule has 5 N–H and O–H groups in total. The van der Waals surface area contributed by atoms with Gasteiger partial charge in [-0.2, -0.15) is 0 Å². The standard InChI is InChI=1S/C25H40O6.C12H17NO4S.C7H6O2.C3H8O.C2H2/c1-8-10-25(29)11-9-14(2)20(23(25,5)6)21(31-16(4)26)22(28)24(7)15(3)17-13-30-18(17)12-19(24)27;1-12(2,3)18-11(16)13-8(7-10(14)15)9-5-4-6-17-9;8-7(9)6-4-2-1-3-5-6;1-3-4-2;1-2/h15,17-19,21,27,29H,8-13H2,1-7H3;4-6,8H,7H2,1-3H3,(H,13,16)(H,14,15);1-5H,(H,8,9);3H2,1-2H3;1-2H/t15?,17?,18?,19-,21+,24-,25-;8-;;;/m01.../s1. The number of carboxylic acids is 2. The highest BCUT2D eigenvalue weighted by atomic mass is 32.2. The van der Waals surface area contributed by atoms with E-state index in [1.807, 2.05) is 62.3 Å². The number of nitrogens with one attached hydrogen (secondary N) is 1. The summed E-state index contributed by atoms with van der Waals surface area (Å²) >= 11 is 1.12. The van der Waals surface area contributed by atoms with Crippen molar-refractivity contribution in [1.29, 1.82) is 0 Å². The first kappa shape index (κ1) is 57.6. The van der Waals surface area contributed by atoms with Crippen LogP contribution < -0.4 is 5.32 Å². The Morgan fingerprint density at radius 3 is 2.03 bits per heavy atom. The van der Waals surface area contributed by atoms with Crippen LogP contribution in [-0.4, -0.2) is 98.3 Å². The second kappa shape index (κ2) is 25.9. The molecule has 8 atom stereocenters. The zero-order chi connectivity index (χ0) is 49.2. The summed E-state index contributed by atoms with van der Waals surface area (Å²) in [7, 11) is 1.68. The van der Waals surface area contributed by atoms with Crippen molar-refractivity contribution < 1.29 is 63.0 Å². The SMILES string of the molecule is C#C.CC(C)(C)SC(=O)N[C@H](CC(=O)O)c1ccco1.CCC[C@]1(O)CCC(C)=C([C@@H](OC(C)=O)C(=O)[C@@]2(C)C(C)C3COC3C[C@@H]2O)C1(C)C.CCOC.O=C(O)c1ccccc1. The van der Waals surface area contributed by atoms with E-state index >= 15 is 0 Å². The molecule has 3 aliphatic rings. The number of ketones is 1. The summed E-state index contributed by atoms with van der Waals surface area (Å²) in [6, 6.07) is 11.0. The number of furan rings is 1. The van der Waals surface area contributed by atoms with Crippen molar-refractivity contribution in [3.8, 4) is 12.8 Å². The van der Waals surface area contributed by atoms with E-state index in [0.29, 0.717) is 49.2 Å². The number of carbonyl (C=O) groups is 5. The first-order valence-corrected chi connectivity index (χ1v) is 22.4. The predicted molar refractivity (Wildman–Crippen MR) is 248 cm³/mol. The first-order valence-electron chi connectivity index (χ1n) is 21.6. The van der Waals surface area contributed by atoms with Crippen LogP contribution in [-0.2, 0) is 28.6 Å². The molecule has 1 saturated heterocycles. The van der Waals surface area contributed by atoms with Gasteiger partial charge in [0.2, 0.25) is 0 Å². The predicted octanol–water partition coefficient (Wildman–Crippen LogP) is 8.90. The lowest BCUT2D eigenvalue weighted by atomic mass is 9.54. The molecule has 1 saturated carbocycles. The monoisotopic (exact) mass is 915 g/mol. The number of aliphatic carboxylic acids is 1. The molecule has 15 heteroatoms. The molecule has 1 aromatic heterocycles. The van der Waals surface area contributed by atoms with Gasteiger partial charge in [-0.25, -0.2) is 4.79 Å². The Bertz CT molecular complexity index is 1850. The molecule has 1 amide bonds. The molecule has 5 rings (SSSR count).